The van der Waals surface area contributed by atoms with Crippen molar-refractivity contribution in [1.82, 2.24) is 0 Å². The van der Waals surface area contributed by atoms with Gasteiger partial charge in [-0.2, -0.15) is 0 Å². The molecular weight excluding hydrogens is 160 g/mol. The lowest BCUT2D eigenvalue weighted by Gasteiger charge is -2.31. The predicted molar refractivity (Wildman–Crippen MR) is 54.1 cm³/mol. The molecule has 76 valence electrons. The molecular formula is C11H24N2+2. The van der Waals surface area contributed by atoms with Crippen molar-refractivity contribution in [3.8, 4) is 0 Å². The van der Waals surface area contributed by atoms with Crippen LogP contribution in [-0.4, -0.2) is 39.3 Å². The van der Waals surface area contributed by atoms with Gasteiger partial charge < -0.3 is 9.80 Å². The molecule has 0 radical (unpaired) electrons. The molecule has 0 bridgehead atoms. The molecule has 1 aliphatic heterocycles. The number of nitrogens with one attached hydrogen (secondary N) is 2. The lowest BCUT2D eigenvalue weighted by molar-refractivity contribution is -1.02. The molecule has 1 aliphatic carbocycles. The maximum Gasteiger partial charge on any atom is 0.127 e. The van der Waals surface area contributed by atoms with Crippen LogP contribution in [0.1, 0.15) is 26.2 Å². The van der Waals surface area contributed by atoms with Gasteiger partial charge >= 0.3 is 0 Å². The van der Waals surface area contributed by atoms with E-state index < -0.39 is 0 Å². The molecule has 2 rings (SSSR count). The van der Waals surface area contributed by atoms with Crippen LogP contribution in [0, 0.1) is 5.92 Å². The van der Waals surface area contributed by atoms with Crippen LogP contribution >= 0.6 is 0 Å². The Morgan fingerprint density at radius 2 is 1.69 bits per heavy atom. The maximum absolute atomic E-state index is 2.42. The largest absolute Gasteiger partial charge is 0.328 e. The first-order valence-corrected chi connectivity index (χ1v) is 5.91. The molecule has 2 fully saturated rings. The number of rotatable bonds is 1. The molecule has 13 heavy (non-hydrogen) atoms. The minimum atomic E-state index is 1.00. The Bertz CT molecular complexity index is 161. The van der Waals surface area contributed by atoms with Gasteiger partial charge in [-0.05, 0) is 18.8 Å². The second-order valence-corrected chi connectivity index (χ2v) is 5.23. The first-order chi connectivity index (χ1) is 6.25. The van der Waals surface area contributed by atoms with Gasteiger partial charge in [0.1, 0.15) is 26.2 Å². The minimum absolute atomic E-state index is 1.00. The van der Waals surface area contributed by atoms with Gasteiger partial charge in [0.05, 0.1) is 13.1 Å². The average molecular weight is 184 g/mol. The summed E-state index contributed by atoms with van der Waals surface area (Å²) in [6.45, 7) is 8.04. The summed E-state index contributed by atoms with van der Waals surface area (Å²) < 4.78 is 0. The molecule has 0 aromatic rings. The summed E-state index contributed by atoms with van der Waals surface area (Å²) in [4.78, 5) is 3.64. The summed E-state index contributed by atoms with van der Waals surface area (Å²) in [5.74, 6) is 1.00. The molecule has 2 heteroatoms. The molecule has 2 nitrogen and oxygen atoms in total. The molecule has 0 aromatic heterocycles. The standard InChI is InChI=1S/C11H22N2/c1-10-3-4-11(9-10)13-7-5-12(2)6-8-13/h10-11H,3-9H2,1-2H3/p+2/t10-,11+/m0/s1. The number of hydrogen-bond acceptors (Lipinski definition) is 0. The lowest BCUT2D eigenvalue weighted by atomic mass is 10.1. The fraction of sp³-hybridized carbons (Fsp3) is 1.00. The molecule has 0 aromatic carbocycles. The third-order valence-electron chi connectivity index (χ3n) is 4.02. The smallest absolute Gasteiger partial charge is 0.127 e. The van der Waals surface area contributed by atoms with E-state index in [1.165, 1.54) is 45.4 Å². The maximum atomic E-state index is 2.42. The Balaban J connectivity index is 1.81. The second kappa shape index (κ2) is 3.97. The second-order valence-electron chi connectivity index (χ2n) is 5.23. The Morgan fingerprint density at radius 3 is 2.23 bits per heavy atom. The highest BCUT2D eigenvalue weighted by Gasteiger charge is 2.32. The van der Waals surface area contributed by atoms with E-state index in [0.29, 0.717) is 0 Å². The third kappa shape index (κ3) is 2.23. The SMILES string of the molecule is C[C@H]1CC[C@@H]([NH+]2CC[NH+](C)CC2)C1. The molecule has 2 aliphatic rings. The zero-order valence-corrected chi connectivity index (χ0v) is 9.10. The van der Waals surface area contributed by atoms with Gasteiger partial charge in [-0.1, -0.05) is 6.92 Å². The van der Waals surface area contributed by atoms with E-state index in [-0.39, 0.29) is 0 Å². The monoisotopic (exact) mass is 184 g/mol. The van der Waals surface area contributed by atoms with Crippen LogP contribution in [0.4, 0.5) is 0 Å². The zero-order valence-electron chi connectivity index (χ0n) is 9.10. The van der Waals surface area contributed by atoms with E-state index in [1.807, 2.05) is 4.90 Å². The number of likely N-dealkylation sites (N-methyl/N-ethyl adjacent to an activating group) is 1. The normalized spacial score (nSPS) is 46.6. The Morgan fingerprint density at radius 1 is 1.00 bits per heavy atom. The van der Waals surface area contributed by atoms with Crippen molar-refractivity contribution in [3.63, 3.8) is 0 Å². The van der Waals surface area contributed by atoms with Gasteiger partial charge in [0.25, 0.3) is 0 Å². The van der Waals surface area contributed by atoms with Crippen molar-refractivity contribution in [1.29, 1.82) is 0 Å². The van der Waals surface area contributed by atoms with Crippen LogP contribution in [0.25, 0.3) is 0 Å². The van der Waals surface area contributed by atoms with E-state index >= 15 is 0 Å². The number of quaternary nitrogens is 2. The fourth-order valence-corrected chi connectivity index (χ4v) is 2.98. The summed E-state index contributed by atoms with van der Waals surface area (Å²) in [5, 5.41) is 0. The van der Waals surface area contributed by atoms with Crippen molar-refractivity contribution < 1.29 is 9.80 Å². The zero-order chi connectivity index (χ0) is 9.26. The van der Waals surface area contributed by atoms with Crippen LogP contribution in [-0.2, 0) is 0 Å². The van der Waals surface area contributed by atoms with E-state index in [4.69, 9.17) is 0 Å². The van der Waals surface area contributed by atoms with E-state index in [1.54, 1.807) is 4.90 Å². The molecule has 0 spiro atoms. The van der Waals surface area contributed by atoms with E-state index in [2.05, 4.69) is 14.0 Å². The molecule has 1 heterocycles. The highest BCUT2D eigenvalue weighted by atomic mass is 15.3. The highest BCUT2D eigenvalue weighted by molar-refractivity contribution is 4.71. The van der Waals surface area contributed by atoms with Gasteiger partial charge in [0.2, 0.25) is 0 Å². The average Bonchev–Trinajstić information content (AvgIpc) is 2.53. The Hall–Kier alpha value is -0.0800. The first kappa shape index (κ1) is 9.47. The van der Waals surface area contributed by atoms with Crippen molar-refractivity contribution in [2.45, 2.75) is 32.2 Å². The summed E-state index contributed by atoms with van der Waals surface area (Å²) in [6, 6.07) is 1.02. The summed E-state index contributed by atoms with van der Waals surface area (Å²) in [5.41, 5.74) is 0. The molecule has 2 N–H and O–H groups in total. The van der Waals surface area contributed by atoms with Crippen LogP contribution in [0.15, 0.2) is 0 Å². The topological polar surface area (TPSA) is 8.88 Å². The lowest BCUT2D eigenvalue weighted by Crippen LogP contribution is -3.28. The van der Waals surface area contributed by atoms with E-state index in [0.717, 1.165) is 12.0 Å². The number of piperazine rings is 1. The van der Waals surface area contributed by atoms with Crippen LogP contribution in [0.5, 0.6) is 0 Å². The summed E-state index contributed by atoms with van der Waals surface area (Å²) in [6.07, 6.45) is 4.47. The molecule has 1 saturated heterocycles. The predicted octanol–water partition coefficient (Wildman–Crippen LogP) is -1.41. The summed E-state index contributed by atoms with van der Waals surface area (Å²) in [7, 11) is 2.33. The fourth-order valence-electron chi connectivity index (χ4n) is 2.98. The van der Waals surface area contributed by atoms with Gasteiger partial charge in [-0.3, -0.25) is 0 Å². The molecule has 0 amide bonds. The van der Waals surface area contributed by atoms with Gasteiger partial charge in [-0.25, -0.2) is 0 Å². The van der Waals surface area contributed by atoms with Crippen molar-refractivity contribution in [2.75, 3.05) is 33.2 Å². The van der Waals surface area contributed by atoms with E-state index in [9.17, 15) is 0 Å². The molecule has 0 unspecified atom stereocenters. The van der Waals surface area contributed by atoms with Gasteiger partial charge in [0, 0.05) is 6.42 Å². The third-order valence-corrected chi connectivity index (χ3v) is 4.02. The minimum Gasteiger partial charge on any atom is -0.328 e. The van der Waals surface area contributed by atoms with Crippen LogP contribution in [0.2, 0.25) is 0 Å². The van der Waals surface area contributed by atoms with Gasteiger partial charge in [0.15, 0.2) is 0 Å². The highest BCUT2D eigenvalue weighted by Crippen LogP contribution is 2.22. The molecule has 1 saturated carbocycles. The first-order valence-electron chi connectivity index (χ1n) is 5.91. The number of hydrogen-bond donors (Lipinski definition) is 2. The molecule has 2 atom stereocenters. The summed E-state index contributed by atoms with van der Waals surface area (Å²) >= 11 is 0. The van der Waals surface area contributed by atoms with Crippen molar-refractivity contribution in [3.05, 3.63) is 0 Å². The van der Waals surface area contributed by atoms with Crippen LogP contribution in [0.3, 0.4) is 0 Å². The Kier molecular flexibility index (Phi) is 2.89. The van der Waals surface area contributed by atoms with Gasteiger partial charge in [-0.15, -0.1) is 0 Å². The van der Waals surface area contributed by atoms with Crippen molar-refractivity contribution in [2.24, 2.45) is 5.92 Å². The Labute approximate surface area is 81.9 Å². The quantitative estimate of drug-likeness (QED) is 0.495. The van der Waals surface area contributed by atoms with Crippen molar-refractivity contribution >= 4 is 0 Å². The van der Waals surface area contributed by atoms with Crippen LogP contribution < -0.4 is 9.80 Å².